The molecule has 27 nitrogen and oxygen atoms in total. The van der Waals surface area contributed by atoms with Crippen molar-refractivity contribution in [3.8, 4) is 0 Å². The number of hydrogen-bond donors (Lipinski definition) is 8. The monoisotopic (exact) mass is 875 g/mol. The molecular weight excluding hydrogens is 836 g/mol. The number of hydrogen-bond acceptors (Lipinski definition) is 19. The number of ether oxygens (including phenoxy) is 3. The Morgan fingerprint density at radius 3 is 1.81 bits per heavy atom. The highest BCUT2D eigenvalue weighted by molar-refractivity contribution is 7.47. The van der Waals surface area contributed by atoms with Gasteiger partial charge in [-0.2, -0.15) is 4.98 Å². The number of nitrogens with two attached hydrogens (primary N) is 1. The highest BCUT2D eigenvalue weighted by Gasteiger charge is 2.46. The molecule has 11 atom stereocenters. The van der Waals surface area contributed by atoms with E-state index in [1.807, 2.05) is 0 Å². The Balaban J connectivity index is 1.03. The summed E-state index contributed by atoms with van der Waals surface area (Å²) in [5, 5.41) is 20.6. The van der Waals surface area contributed by atoms with Gasteiger partial charge in [0.25, 0.3) is 16.7 Å². The molecule has 3 aliphatic rings. The van der Waals surface area contributed by atoms with E-state index in [1.54, 1.807) is 0 Å². The topological polar surface area (TPSA) is 379 Å². The van der Waals surface area contributed by atoms with Crippen molar-refractivity contribution >= 4 is 32.8 Å². The number of anilines is 1. The van der Waals surface area contributed by atoms with Gasteiger partial charge in [0.15, 0.2) is 11.2 Å². The predicted octanol–water partition coefficient (Wildman–Crippen LogP) is -2.36. The maximum atomic E-state index is 13.3. The number of phosphoric ester groups is 2. The van der Waals surface area contributed by atoms with Crippen LogP contribution in [0.5, 0.6) is 0 Å². The van der Waals surface area contributed by atoms with E-state index in [4.69, 9.17) is 38.0 Å². The van der Waals surface area contributed by atoms with Crippen molar-refractivity contribution in [3.63, 3.8) is 0 Å². The highest BCUT2D eigenvalue weighted by Crippen LogP contribution is 2.52. The van der Waals surface area contributed by atoms with Crippen LogP contribution < -0.4 is 33.8 Å². The summed E-state index contributed by atoms with van der Waals surface area (Å²) < 4.78 is 68.3. The van der Waals surface area contributed by atoms with Crippen LogP contribution >= 0.6 is 15.6 Å². The third-order valence-corrected chi connectivity index (χ3v) is 11.8. The number of imidazole rings is 1. The number of aliphatic hydroxyl groups is 2. The Bertz CT molecular complexity index is 2620. The Morgan fingerprint density at radius 2 is 1.25 bits per heavy atom. The van der Waals surface area contributed by atoms with Crippen LogP contribution in [-0.4, -0.2) is 115 Å². The number of aryl methyl sites for hydroxylation is 2. The van der Waals surface area contributed by atoms with Gasteiger partial charge in [-0.25, -0.2) is 23.7 Å². The molecule has 0 bridgehead atoms. The summed E-state index contributed by atoms with van der Waals surface area (Å²) in [5.41, 5.74) is 2.27. The minimum absolute atomic E-state index is 0.0458. The maximum Gasteiger partial charge on any atom is 0.472 e. The molecule has 0 spiro atoms. The van der Waals surface area contributed by atoms with Crippen molar-refractivity contribution < 1.29 is 61.4 Å². The molecule has 3 saturated heterocycles. The predicted molar refractivity (Wildman–Crippen MR) is 195 cm³/mol. The largest absolute Gasteiger partial charge is 0.472 e. The standard InChI is InChI=1S/C30H39N9O18P2/c1-12-6-37(29(45)35-25(12)42)21-4-15(17(8-40)53-21)56-59(49,50)52-10-19-16(5-22(55-19)38-7-13(2)26(43)36-30(38)46)57-58(47,48)51-9-18-14(41)3-20(54-18)39-11-32-23-24(39)33-28(31)34-27(23)44/h6-7,11,14-22,40-41H,3-5,8-10H2,1-2H3,(H,47,48)(H,49,50)(H,35,42,45)(H,36,43,46)(H3,31,33,34,44)/t14-,15-,16-,17+,18+,19+,20+,21+,22+/m0/s1. The Labute approximate surface area is 328 Å². The molecule has 322 valence electrons. The van der Waals surface area contributed by atoms with E-state index >= 15 is 0 Å². The average molecular weight is 876 g/mol. The summed E-state index contributed by atoms with van der Waals surface area (Å²) in [4.78, 5) is 97.3. The molecule has 0 saturated carbocycles. The molecule has 0 aromatic carbocycles. The summed E-state index contributed by atoms with van der Waals surface area (Å²) in [7, 11) is -10.2. The third-order valence-electron chi connectivity index (χ3n) is 9.76. The highest BCUT2D eigenvalue weighted by atomic mass is 31.2. The molecule has 2 unspecified atom stereocenters. The number of aromatic nitrogens is 8. The van der Waals surface area contributed by atoms with Crippen LogP contribution in [0.25, 0.3) is 11.2 Å². The number of H-pyrrole nitrogens is 3. The molecule has 7 rings (SSSR count). The lowest BCUT2D eigenvalue weighted by molar-refractivity contribution is -0.0614. The number of nitrogens with one attached hydrogen (secondary N) is 3. The van der Waals surface area contributed by atoms with Crippen LogP contribution in [0, 0.1) is 13.8 Å². The molecule has 4 aromatic rings. The SMILES string of the molecule is Cc1cn([C@H]2C[C@H](OP(=O)(O)OC[C@H]3O[C@@H](n4cc(C)c(=O)[nH]c4=O)C[C@@H]3OP(=O)(O)OC[C@H]3O[C@@H](n4cnc5c(=O)[nH]c(N)nc54)C[C@@H]3O)[C@@H](CO)O2)c(=O)[nH]c1=O. The summed E-state index contributed by atoms with van der Waals surface area (Å²) in [6.45, 7) is 0.571. The first kappa shape index (κ1) is 42.6. The van der Waals surface area contributed by atoms with Gasteiger partial charge in [-0.3, -0.25) is 61.1 Å². The first-order valence-corrected chi connectivity index (χ1v) is 20.7. The third kappa shape index (κ3) is 9.17. The maximum absolute atomic E-state index is 13.3. The molecule has 59 heavy (non-hydrogen) atoms. The minimum atomic E-state index is -5.11. The van der Waals surface area contributed by atoms with Gasteiger partial charge in [-0.15, -0.1) is 0 Å². The molecule has 9 N–H and O–H groups in total. The van der Waals surface area contributed by atoms with Crippen molar-refractivity contribution in [2.45, 2.75) is 88.4 Å². The number of fused-ring (bicyclic) bond motifs is 1. The van der Waals surface area contributed by atoms with Gasteiger partial charge in [0, 0.05) is 42.8 Å². The molecule has 29 heteroatoms. The van der Waals surface area contributed by atoms with Crippen LogP contribution in [0.2, 0.25) is 0 Å². The molecule has 0 radical (unpaired) electrons. The van der Waals surface area contributed by atoms with E-state index in [1.165, 1.54) is 37.1 Å². The number of nitrogen functional groups attached to an aromatic ring is 1. The van der Waals surface area contributed by atoms with Crippen LogP contribution in [0.4, 0.5) is 5.95 Å². The molecule has 0 amide bonds. The number of nitrogens with zero attached hydrogens (tertiary/aromatic N) is 5. The zero-order chi connectivity index (χ0) is 42.6. The number of phosphoric acid groups is 2. The quantitative estimate of drug-likeness (QED) is 0.0614. The molecule has 0 aliphatic carbocycles. The van der Waals surface area contributed by atoms with Crippen molar-refractivity contribution in [2.24, 2.45) is 0 Å². The number of rotatable bonds is 14. The smallest absolute Gasteiger partial charge is 0.394 e. The average Bonchev–Trinajstić information content (AvgIpc) is 3.94. The van der Waals surface area contributed by atoms with E-state index in [9.17, 15) is 53.1 Å². The fraction of sp³-hybridized carbons (Fsp3) is 0.567. The second-order valence-corrected chi connectivity index (χ2v) is 16.7. The van der Waals surface area contributed by atoms with E-state index in [2.05, 4.69) is 24.9 Å². The van der Waals surface area contributed by atoms with E-state index in [0.717, 1.165) is 9.13 Å². The second-order valence-electron chi connectivity index (χ2n) is 13.9. The van der Waals surface area contributed by atoms with Gasteiger partial charge in [0.2, 0.25) is 5.95 Å². The molecule has 3 aliphatic heterocycles. The zero-order valence-electron chi connectivity index (χ0n) is 30.9. The molecule has 3 fully saturated rings. The van der Waals surface area contributed by atoms with Crippen molar-refractivity contribution in [2.75, 3.05) is 25.6 Å². The van der Waals surface area contributed by atoms with Crippen LogP contribution in [0.1, 0.15) is 49.1 Å². The minimum Gasteiger partial charge on any atom is -0.394 e. The van der Waals surface area contributed by atoms with Crippen LogP contribution in [0.15, 0.2) is 42.7 Å². The normalized spacial score (nSPS) is 29.2. The van der Waals surface area contributed by atoms with Gasteiger partial charge in [-0.1, -0.05) is 0 Å². The van der Waals surface area contributed by atoms with Gasteiger partial charge < -0.3 is 39.9 Å². The number of aliphatic hydroxyl groups excluding tert-OH is 2. The fourth-order valence-electron chi connectivity index (χ4n) is 6.81. The van der Waals surface area contributed by atoms with Crippen molar-refractivity contribution in [3.05, 3.63) is 81.9 Å². The van der Waals surface area contributed by atoms with Gasteiger partial charge in [0.05, 0.1) is 32.3 Å². The Kier molecular flexibility index (Phi) is 11.9. The first-order valence-electron chi connectivity index (χ1n) is 17.7. The first-order chi connectivity index (χ1) is 27.8. The lowest BCUT2D eigenvalue weighted by Gasteiger charge is -2.24. The summed E-state index contributed by atoms with van der Waals surface area (Å²) in [6.07, 6.45) is -8.38. The summed E-state index contributed by atoms with van der Waals surface area (Å²) in [5.74, 6) is -0.192. The van der Waals surface area contributed by atoms with Crippen molar-refractivity contribution in [1.29, 1.82) is 0 Å². The van der Waals surface area contributed by atoms with E-state index in [-0.39, 0.29) is 47.5 Å². The van der Waals surface area contributed by atoms with Gasteiger partial charge in [0.1, 0.15) is 49.2 Å². The molecule has 7 heterocycles. The van der Waals surface area contributed by atoms with Gasteiger partial charge in [-0.05, 0) is 13.8 Å². The Hall–Kier alpha value is -4.47. The zero-order valence-corrected chi connectivity index (χ0v) is 32.7. The lowest BCUT2D eigenvalue weighted by Crippen LogP contribution is -2.33. The lowest BCUT2D eigenvalue weighted by atomic mass is 10.2. The van der Waals surface area contributed by atoms with E-state index < -0.39 is 119 Å². The van der Waals surface area contributed by atoms with Gasteiger partial charge >= 0.3 is 27.0 Å². The second kappa shape index (κ2) is 16.5. The van der Waals surface area contributed by atoms with Crippen LogP contribution in [-0.2, 0) is 41.4 Å². The summed E-state index contributed by atoms with van der Waals surface area (Å²) in [6, 6.07) is 0. The molecular formula is C30H39N9O18P2. The Morgan fingerprint density at radius 1 is 0.763 bits per heavy atom. The van der Waals surface area contributed by atoms with Crippen LogP contribution in [0.3, 0.4) is 0 Å². The molecule has 4 aromatic heterocycles. The van der Waals surface area contributed by atoms with Crippen molar-refractivity contribution in [1.82, 2.24) is 38.6 Å². The van der Waals surface area contributed by atoms with E-state index in [0.29, 0.717) is 0 Å². The number of aromatic amines is 3. The fourth-order valence-corrected chi connectivity index (χ4v) is 8.73. The summed E-state index contributed by atoms with van der Waals surface area (Å²) >= 11 is 0.